The summed E-state index contributed by atoms with van der Waals surface area (Å²) in [6.07, 6.45) is 1.46. The van der Waals surface area contributed by atoms with E-state index in [4.69, 9.17) is 0 Å². The van der Waals surface area contributed by atoms with E-state index >= 15 is 0 Å². The quantitative estimate of drug-likeness (QED) is 0.576. The summed E-state index contributed by atoms with van der Waals surface area (Å²) in [4.78, 5) is 10.0. The molecule has 0 radical (unpaired) electrons. The van der Waals surface area contributed by atoms with E-state index < -0.39 is 4.92 Å². The second-order valence-electron chi connectivity index (χ2n) is 2.16. The third-order valence-electron chi connectivity index (χ3n) is 1.41. The minimum Gasteiger partial charge on any atom is -0.258 e. The number of halogens is 1. The van der Waals surface area contributed by atoms with Gasteiger partial charge in [0, 0.05) is 10.5 Å². The molecule has 0 bridgehead atoms. The molecular formula is C8H6BrNO2. The first-order valence-corrected chi connectivity index (χ1v) is 4.01. The first-order valence-electron chi connectivity index (χ1n) is 3.21. The topological polar surface area (TPSA) is 43.1 Å². The Morgan fingerprint density at radius 1 is 1.58 bits per heavy atom. The average molecular weight is 228 g/mol. The van der Waals surface area contributed by atoms with Gasteiger partial charge in [0.05, 0.1) is 10.5 Å². The maximum atomic E-state index is 10.5. The van der Waals surface area contributed by atoms with Crippen molar-refractivity contribution in [2.45, 2.75) is 0 Å². The van der Waals surface area contributed by atoms with Gasteiger partial charge in [-0.3, -0.25) is 10.1 Å². The second-order valence-corrected chi connectivity index (χ2v) is 3.08. The van der Waals surface area contributed by atoms with Crippen molar-refractivity contribution in [3.05, 3.63) is 44.9 Å². The van der Waals surface area contributed by atoms with Gasteiger partial charge >= 0.3 is 0 Å². The fourth-order valence-electron chi connectivity index (χ4n) is 0.848. The Bertz CT molecular complexity index is 336. The van der Waals surface area contributed by atoms with E-state index in [0.717, 1.165) is 0 Å². The fourth-order valence-corrected chi connectivity index (χ4v) is 1.20. The van der Waals surface area contributed by atoms with E-state index in [1.54, 1.807) is 12.1 Å². The number of rotatable bonds is 2. The van der Waals surface area contributed by atoms with Crippen molar-refractivity contribution in [2.75, 3.05) is 0 Å². The highest BCUT2D eigenvalue weighted by Gasteiger charge is 2.10. The summed E-state index contributed by atoms with van der Waals surface area (Å²) in [6.45, 7) is 3.48. The van der Waals surface area contributed by atoms with E-state index in [1.165, 1.54) is 12.1 Å². The van der Waals surface area contributed by atoms with E-state index in [9.17, 15) is 10.1 Å². The van der Waals surface area contributed by atoms with Crippen LogP contribution in [0.2, 0.25) is 0 Å². The van der Waals surface area contributed by atoms with Crippen molar-refractivity contribution in [3.8, 4) is 0 Å². The zero-order chi connectivity index (χ0) is 9.14. The molecule has 0 aliphatic carbocycles. The lowest BCUT2D eigenvalue weighted by molar-refractivity contribution is -0.385. The van der Waals surface area contributed by atoms with Gasteiger partial charge in [0.25, 0.3) is 5.69 Å². The Balaban J connectivity index is 3.30. The molecule has 0 atom stereocenters. The highest BCUT2D eigenvalue weighted by atomic mass is 79.9. The molecule has 4 heteroatoms. The molecule has 12 heavy (non-hydrogen) atoms. The summed E-state index contributed by atoms with van der Waals surface area (Å²) in [5, 5.41) is 10.5. The van der Waals surface area contributed by atoms with Crippen LogP contribution in [-0.2, 0) is 0 Å². The Morgan fingerprint density at radius 3 is 2.75 bits per heavy atom. The molecule has 0 spiro atoms. The third kappa shape index (κ3) is 1.71. The molecule has 0 amide bonds. The molecule has 0 heterocycles. The summed E-state index contributed by atoms with van der Waals surface area (Å²) in [5.41, 5.74) is 0.600. The average Bonchev–Trinajstić information content (AvgIpc) is 2.04. The number of hydrogen-bond acceptors (Lipinski definition) is 2. The van der Waals surface area contributed by atoms with E-state index in [-0.39, 0.29) is 5.69 Å². The van der Waals surface area contributed by atoms with Crippen molar-refractivity contribution < 1.29 is 4.92 Å². The van der Waals surface area contributed by atoms with Gasteiger partial charge in [0.2, 0.25) is 0 Å². The molecule has 0 fully saturated rings. The molecule has 1 aromatic carbocycles. The van der Waals surface area contributed by atoms with Gasteiger partial charge in [-0.1, -0.05) is 28.6 Å². The molecule has 1 rings (SSSR count). The summed E-state index contributed by atoms with van der Waals surface area (Å²) in [7, 11) is 0. The standard InChI is InChI=1S/C8H6BrNO2/c1-2-6-3-4-7(9)5-8(6)10(11)12/h2-5H,1H2. The number of nitro benzene ring substituents is 1. The van der Waals surface area contributed by atoms with Gasteiger partial charge in [-0.2, -0.15) is 0 Å². The van der Waals surface area contributed by atoms with Gasteiger partial charge in [-0.25, -0.2) is 0 Å². The summed E-state index contributed by atoms with van der Waals surface area (Å²) >= 11 is 3.16. The van der Waals surface area contributed by atoms with Crippen LogP contribution in [0.15, 0.2) is 29.3 Å². The minimum atomic E-state index is -0.429. The fraction of sp³-hybridized carbons (Fsp3) is 0. The third-order valence-corrected chi connectivity index (χ3v) is 1.90. The molecule has 3 nitrogen and oxygen atoms in total. The highest BCUT2D eigenvalue weighted by molar-refractivity contribution is 9.10. The monoisotopic (exact) mass is 227 g/mol. The van der Waals surface area contributed by atoms with Gasteiger partial charge in [0.1, 0.15) is 0 Å². The zero-order valence-electron chi connectivity index (χ0n) is 6.16. The SMILES string of the molecule is C=Cc1ccc(Br)cc1[N+](=O)[O-]. The zero-order valence-corrected chi connectivity index (χ0v) is 7.74. The van der Waals surface area contributed by atoms with Gasteiger partial charge in [-0.05, 0) is 12.1 Å². The number of hydrogen-bond donors (Lipinski definition) is 0. The summed E-state index contributed by atoms with van der Waals surface area (Å²) in [6, 6.07) is 4.84. The smallest absolute Gasteiger partial charge is 0.258 e. The van der Waals surface area contributed by atoms with E-state index in [1.807, 2.05) is 0 Å². The van der Waals surface area contributed by atoms with E-state index in [0.29, 0.717) is 10.0 Å². The van der Waals surface area contributed by atoms with Crippen LogP contribution in [0.25, 0.3) is 6.08 Å². The summed E-state index contributed by atoms with van der Waals surface area (Å²) in [5.74, 6) is 0. The molecular weight excluding hydrogens is 222 g/mol. The van der Waals surface area contributed by atoms with Crippen molar-refractivity contribution >= 4 is 27.7 Å². The van der Waals surface area contributed by atoms with Gasteiger partial charge < -0.3 is 0 Å². The molecule has 0 aliphatic heterocycles. The van der Waals surface area contributed by atoms with Crippen molar-refractivity contribution in [3.63, 3.8) is 0 Å². The van der Waals surface area contributed by atoms with Crippen LogP contribution in [0.5, 0.6) is 0 Å². The van der Waals surface area contributed by atoms with Gasteiger partial charge in [0.15, 0.2) is 0 Å². The van der Waals surface area contributed by atoms with Crippen LogP contribution in [0.1, 0.15) is 5.56 Å². The molecule has 0 N–H and O–H groups in total. The maximum Gasteiger partial charge on any atom is 0.277 e. The Labute approximate surface area is 78.0 Å². The first-order chi connectivity index (χ1) is 5.65. The van der Waals surface area contributed by atoms with Crippen molar-refractivity contribution in [2.24, 2.45) is 0 Å². The van der Waals surface area contributed by atoms with E-state index in [2.05, 4.69) is 22.5 Å². The lowest BCUT2D eigenvalue weighted by Crippen LogP contribution is -1.90. The number of nitro groups is 1. The second kappa shape index (κ2) is 3.49. The van der Waals surface area contributed by atoms with Crippen LogP contribution in [-0.4, -0.2) is 4.92 Å². The Kier molecular flexibility index (Phi) is 2.60. The Hall–Kier alpha value is -1.16. The van der Waals surface area contributed by atoms with Crippen molar-refractivity contribution in [1.29, 1.82) is 0 Å². The van der Waals surface area contributed by atoms with Crippen molar-refractivity contribution in [1.82, 2.24) is 0 Å². The highest BCUT2D eigenvalue weighted by Crippen LogP contribution is 2.23. The predicted molar refractivity (Wildman–Crippen MR) is 50.9 cm³/mol. The lowest BCUT2D eigenvalue weighted by atomic mass is 10.2. The normalized spacial score (nSPS) is 9.42. The van der Waals surface area contributed by atoms with Crippen LogP contribution < -0.4 is 0 Å². The van der Waals surface area contributed by atoms with Crippen LogP contribution >= 0.6 is 15.9 Å². The molecule has 1 aromatic rings. The van der Waals surface area contributed by atoms with Gasteiger partial charge in [-0.15, -0.1) is 0 Å². The molecule has 0 aromatic heterocycles. The van der Waals surface area contributed by atoms with Crippen LogP contribution in [0.3, 0.4) is 0 Å². The van der Waals surface area contributed by atoms with Crippen LogP contribution in [0, 0.1) is 10.1 Å². The Morgan fingerprint density at radius 2 is 2.25 bits per heavy atom. The largest absolute Gasteiger partial charge is 0.277 e. The predicted octanol–water partition coefficient (Wildman–Crippen LogP) is 3.00. The maximum absolute atomic E-state index is 10.5. The number of benzene rings is 1. The molecule has 0 aliphatic rings. The molecule has 0 saturated heterocycles. The minimum absolute atomic E-state index is 0.0689. The van der Waals surface area contributed by atoms with Crippen LogP contribution in [0.4, 0.5) is 5.69 Å². The summed E-state index contributed by atoms with van der Waals surface area (Å²) < 4.78 is 0.694. The first kappa shape index (κ1) is 8.93. The number of nitrogens with zero attached hydrogens (tertiary/aromatic N) is 1. The molecule has 62 valence electrons. The molecule has 0 saturated carbocycles. The molecule has 0 unspecified atom stereocenters. The lowest BCUT2D eigenvalue weighted by Gasteiger charge is -1.96.